The first kappa shape index (κ1) is 29.8. The molecule has 11 N–H and O–H groups in total. The van der Waals surface area contributed by atoms with Gasteiger partial charge in [-0.3, -0.25) is 19.2 Å². The number of amides is 4. The smallest absolute Gasteiger partial charge is 0.328 e. The molecule has 15 heteroatoms. The fourth-order valence-corrected chi connectivity index (χ4v) is 4.06. The zero-order valence-electron chi connectivity index (χ0n) is 21.6. The van der Waals surface area contributed by atoms with Gasteiger partial charge in [0.2, 0.25) is 23.6 Å². The maximum atomic E-state index is 13.5. The molecule has 0 aliphatic heterocycles. The molecule has 3 aromatic rings. The summed E-state index contributed by atoms with van der Waals surface area (Å²) < 4.78 is 0. The summed E-state index contributed by atoms with van der Waals surface area (Å²) in [5.41, 5.74) is 12.8. The average molecular weight is 557 g/mol. The number of aromatic nitrogens is 3. The van der Waals surface area contributed by atoms with Gasteiger partial charge in [-0.15, -0.1) is 0 Å². The molecular weight excluding hydrogens is 524 g/mol. The van der Waals surface area contributed by atoms with Gasteiger partial charge in [0.15, 0.2) is 6.04 Å². The Morgan fingerprint density at radius 1 is 0.975 bits per heavy atom. The standard InChI is InChI=1S/C25H32N8O7/c1-12(34)21(25(39)40)33-24(38)18(6-13-9-29-17-5-3-2-4-15(13)17)32-23(37)19(7-14-10-28-11-30-14)31-22(36)16(26)8-20(27)35/h2-5,9-12,16,18-19,21,29,34H,6-8,26H2,1H3,(H2,27,35)(H,28,30)(H,31,36)(H,32,37)(H,33,38)(H,39,40). The lowest BCUT2D eigenvalue weighted by molar-refractivity contribution is -0.145. The molecule has 0 aliphatic carbocycles. The second-order valence-electron chi connectivity index (χ2n) is 9.31. The summed E-state index contributed by atoms with van der Waals surface area (Å²) in [5.74, 6) is -4.76. The van der Waals surface area contributed by atoms with Crippen molar-refractivity contribution in [2.75, 3.05) is 0 Å². The van der Waals surface area contributed by atoms with Gasteiger partial charge in [-0.25, -0.2) is 9.78 Å². The van der Waals surface area contributed by atoms with E-state index in [1.165, 1.54) is 19.4 Å². The van der Waals surface area contributed by atoms with Crippen LogP contribution in [0, 0.1) is 0 Å². The predicted molar refractivity (Wildman–Crippen MR) is 141 cm³/mol. The molecule has 40 heavy (non-hydrogen) atoms. The molecule has 214 valence electrons. The number of hydrogen-bond acceptors (Lipinski definition) is 8. The molecule has 3 rings (SSSR count). The fourth-order valence-electron chi connectivity index (χ4n) is 4.06. The number of aliphatic hydroxyl groups is 1. The van der Waals surface area contributed by atoms with Crippen molar-refractivity contribution in [3.05, 3.63) is 54.2 Å². The largest absolute Gasteiger partial charge is 0.480 e. The predicted octanol–water partition coefficient (Wildman–Crippen LogP) is -2.20. The van der Waals surface area contributed by atoms with Gasteiger partial charge in [0.05, 0.1) is 24.9 Å². The topological polar surface area (TPSA) is 258 Å². The third-order valence-electron chi connectivity index (χ3n) is 6.15. The van der Waals surface area contributed by atoms with Crippen LogP contribution >= 0.6 is 0 Å². The number of fused-ring (bicyclic) bond motifs is 1. The Labute approximate surface area is 228 Å². The molecule has 5 atom stereocenters. The van der Waals surface area contributed by atoms with Crippen LogP contribution in [0.4, 0.5) is 0 Å². The van der Waals surface area contributed by atoms with Crippen LogP contribution in [0.15, 0.2) is 43.0 Å². The molecule has 0 radical (unpaired) electrons. The quantitative estimate of drug-likeness (QED) is 0.104. The van der Waals surface area contributed by atoms with Crippen molar-refractivity contribution in [3.63, 3.8) is 0 Å². The Morgan fingerprint density at radius 2 is 1.62 bits per heavy atom. The number of aliphatic carboxylic acids is 1. The van der Waals surface area contributed by atoms with E-state index in [1.807, 2.05) is 18.2 Å². The second kappa shape index (κ2) is 13.3. The Balaban J connectivity index is 1.88. The number of carbonyl (C=O) groups is 5. The summed E-state index contributed by atoms with van der Waals surface area (Å²) in [6.07, 6.45) is 2.46. The van der Waals surface area contributed by atoms with Gasteiger partial charge in [0.1, 0.15) is 12.1 Å². The first-order valence-electron chi connectivity index (χ1n) is 12.3. The molecular formula is C25H32N8O7. The van der Waals surface area contributed by atoms with E-state index in [4.69, 9.17) is 11.5 Å². The van der Waals surface area contributed by atoms with Gasteiger partial charge in [0.25, 0.3) is 0 Å². The lowest BCUT2D eigenvalue weighted by atomic mass is 10.0. The number of rotatable bonds is 14. The summed E-state index contributed by atoms with van der Waals surface area (Å²) in [7, 11) is 0. The molecule has 2 heterocycles. The van der Waals surface area contributed by atoms with Crippen molar-refractivity contribution in [2.45, 2.75) is 56.5 Å². The van der Waals surface area contributed by atoms with Gasteiger partial charge in [0, 0.05) is 41.8 Å². The second-order valence-corrected chi connectivity index (χ2v) is 9.31. The Bertz CT molecular complexity index is 1350. The van der Waals surface area contributed by atoms with E-state index in [-0.39, 0.29) is 12.8 Å². The summed E-state index contributed by atoms with van der Waals surface area (Å²) in [4.78, 5) is 71.9. The number of primary amides is 1. The van der Waals surface area contributed by atoms with E-state index < -0.39 is 66.3 Å². The van der Waals surface area contributed by atoms with E-state index in [9.17, 15) is 34.2 Å². The highest BCUT2D eigenvalue weighted by atomic mass is 16.4. The van der Waals surface area contributed by atoms with Crippen LogP contribution in [0.1, 0.15) is 24.6 Å². The van der Waals surface area contributed by atoms with Crippen LogP contribution in [-0.4, -0.2) is 85.0 Å². The average Bonchev–Trinajstić information content (AvgIpc) is 3.55. The minimum Gasteiger partial charge on any atom is -0.480 e. The van der Waals surface area contributed by atoms with Gasteiger partial charge in [-0.05, 0) is 18.6 Å². The molecule has 0 saturated carbocycles. The van der Waals surface area contributed by atoms with Crippen LogP contribution in [0.2, 0.25) is 0 Å². The number of nitrogens with zero attached hydrogens (tertiary/aromatic N) is 1. The van der Waals surface area contributed by atoms with Crippen LogP contribution in [-0.2, 0) is 36.8 Å². The van der Waals surface area contributed by atoms with Crippen LogP contribution in [0.5, 0.6) is 0 Å². The first-order chi connectivity index (χ1) is 19.0. The fraction of sp³-hybridized carbons (Fsp3) is 0.360. The van der Waals surface area contributed by atoms with Gasteiger partial charge < -0.3 is 47.6 Å². The molecule has 0 spiro atoms. The van der Waals surface area contributed by atoms with Crippen molar-refractivity contribution >= 4 is 40.5 Å². The maximum absolute atomic E-state index is 13.5. The van der Waals surface area contributed by atoms with Gasteiger partial charge >= 0.3 is 5.97 Å². The lowest BCUT2D eigenvalue weighted by Crippen LogP contribution is -2.59. The summed E-state index contributed by atoms with van der Waals surface area (Å²) >= 11 is 0. The number of carboxylic acid groups (broad SMARTS) is 1. The van der Waals surface area contributed by atoms with Gasteiger partial charge in [-0.1, -0.05) is 18.2 Å². The maximum Gasteiger partial charge on any atom is 0.328 e. The Morgan fingerprint density at radius 3 is 2.25 bits per heavy atom. The first-order valence-corrected chi connectivity index (χ1v) is 12.3. The highest BCUT2D eigenvalue weighted by Crippen LogP contribution is 2.19. The number of benzene rings is 1. The number of carbonyl (C=O) groups excluding carboxylic acids is 4. The molecule has 5 unspecified atom stereocenters. The summed E-state index contributed by atoms with van der Waals surface area (Å²) in [5, 5.41) is 27.4. The number of nitrogens with one attached hydrogen (secondary N) is 5. The number of hydrogen-bond donors (Lipinski definition) is 9. The molecule has 1 aromatic carbocycles. The number of aromatic amines is 2. The number of carboxylic acids is 1. The molecule has 0 bridgehead atoms. The van der Waals surface area contributed by atoms with Crippen LogP contribution < -0.4 is 27.4 Å². The van der Waals surface area contributed by atoms with Crippen molar-refractivity contribution in [2.24, 2.45) is 11.5 Å². The highest BCUT2D eigenvalue weighted by Gasteiger charge is 2.33. The summed E-state index contributed by atoms with van der Waals surface area (Å²) in [6.45, 7) is 1.21. The van der Waals surface area contributed by atoms with E-state index >= 15 is 0 Å². The number of H-pyrrole nitrogens is 2. The minimum atomic E-state index is -1.64. The van der Waals surface area contributed by atoms with Crippen molar-refractivity contribution in [1.29, 1.82) is 0 Å². The third-order valence-corrected chi connectivity index (χ3v) is 6.15. The zero-order chi connectivity index (χ0) is 29.4. The normalized spacial score (nSPS) is 14.9. The number of nitrogens with two attached hydrogens (primary N) is 2. The lowest BCUT2D eigenvalue weighted by Gasteiger charge is -2.25. The van der Waals surface area contributed by atoms with E-state index in [0.29, 0.717) is 11.3 Å². The van der Waals surface area contributed by atoms with Crippen molar-refractivity contribution in [1.82, 2.24) is 30.9 Å². The molecule has 15 nitrogen and oxygen atoms in total. The zero-order valence-corrected chi connectivity index (χ0v) is 21.6. The van der Waals surface area contributed by atoms with Crippen molar-refractivity contribution < 1.29 is 34.2 Å². The Hall–Kier alpha value is -4.76. The molecule has 0 fully saturated rings. The minimum absolute atomic E-state index is 0.0559. The Kier molecular flexibility index (Phi) is 9.94. The van der Waals surface area contributed by atoms with E-state index in [0.717, 1.165) is 10.9 Å². The number of imidazole rings is 1. The highest BCUT2D eigenvalue weighted by molar-refractivity contribution is 5.95. The SMILES string of the molecule is CC(O)C(NC(=O)C(Cc1c[nH]c2ccccc12)NC(=O)C(Cc1cnc[nH]1)NC(=O)C(N)CC(N)=O)C(=O)O. The summed E-state index contributed by atoms with van der Waals surface area (Å²) in [6, 6.07) is 1.72. The van der Waals surface area contributed by atoms with E-state index in [1.54, 1.807) is 12.3 Å². The van der Waals surface area contributed by atoms with Crippen molar-refractivity contribution in [3.8, 4) is 0 Å². The number of aliphatic hydroxyl groups excluding tert-OH is 1. The molecule has 4 amide bonds. The molecule has 0 saturated heterocycles. The molecule has 2 aromatic heterocycles. The monoisotopic (exact) mass is 556 g/mol. The van der Waals surface area contributed by atoms with Crippen LogP contribution in [0.25, 0.3) is 10.9 Å². The van der Waals surface area contributed by atoms with Gasteiger partial charge in [-0.2, -0.15) is 0 Å². The third kappa shape index (κ3) is 7.87. The van der Waals surface area contributed by atoms with Crippen LogP contribution in [0.3, 0.4) is 0 Å². The molecule has 0 aliphatic rings. The number of para-hydroxylation sites is 1. The van der Waals surface area contributed by atoms with E-state index in [2.05, 4.69) is 30.9 Å².